The molecule has 0 bridgehead atoms. The van der Waals surface area contributed by atoms with Crippen LogP contribution in [0, 0.1) is 0 Å². The van der Waals surface area contributed by atoms with Crippen molar-refractivity contribution in [2.24, 2.45) is 0 Å². The molecular formula is C8H17N3O5S2. The van der Waals surface area contributed by atoms with E-state index in [2.05, 4.69) is 10.0 Å². The molecule has 1 fully saturated rings. The largest absolute Gasteiger partial charge is 0.351 e. The lowest BCUT2D eigenvalue weighted by Crippen LogP contribution is -2.45. The van der Waals surface area contributed by atoms with E-state index in [1.165, 1.54) is 14.1 Å². The highest BCUT2D eigenvalue weighted by Crippen LogP contribution is 2.10. The van der Waals surface area contributed by atoms with Gasteiger partial charge in [-0.3, -0.25) is 4.79 Å². The van der Waals surface area contributed by atoms with E-state index in [0.717, 1.165) is 4.31 Å². The molecular weight excluding hydrogens is 282 g/mol. The van der Waals surface area contributed by atoms with Gasteiger partial charge in [-0.05, 0) is 6.42 Å². The van der Waals surface area contributed by atoms with Crippen LogP contribution in [0.5, 0.6) is 0 Å². The minimum atomic E-state index is -3.65. The molecule has 10 heteroatoms. The topological polar surface area (TPSA) is 113 Å². The zero-order chi connectivity index (χ0) is 14.0. The first-order chi connectivity index (χ1) is 8.12. The average molecular weight is 299 g/mol. The molecule has 106 valence electrons. The molecule has 0 radical (unpaired) electrons. The molecule has 0 aromatic rings. The van der Waals surface area contributed by atoms with Crippen molar-refractivity contribution < 1.29 is 21.6 Å². The van der Waals surface area contributed by atoms with Crippen LogP contribution in [0.4, 0.5) is 0 Å². The van der Waals surface area contributed by atoms with Crippen molar-refractivity contribution in [3.63, 3.8) is 0 Å². The lowest BCUT2D eigenvalue weighted by molar-refractivity contribution is -0.120. The van der Waals surface area contributed by atoms with Gasteiger partial charge in [-0.1, -0.05) is 0 Å². The van der Waals surface area contributed by atoms with E-state index >= 15 is 0 Å². The van der Waals surface area contributed by atoms with Crippen LogP contribution in [-0.2, 0) is 24.8 Å². The number of nitrogens with zero attached hydrogens (tertiary/aromatic N) is 1. The molecule has 0 aromatic carbocycles. The van der Waals surface area contributed by atoms with E-state index in [4.69, 9.17) is 0 Å². The summed E-state index contributed by atoms with van der Waals surface area (Å²) in [5.41, 5.74) is 0. The molecule has 0 saturated carbocycles. The predicted octanol–water partition coefficient (Wildman–Crippen LogP) is -2.31. The SMILES string of the molecule is CN(C)S(=O)(=O)NCC(=O)NC1CCS(=O)(=O)C1. The minimum absolute atomic E-state index is 0.0569. The van der Waals surface area contributed by atoms with Crippen LogP contribution < -0.4 is 10.0 Å². The summed E-state index contributed by atoms with van der Waals surface area (Å²) in [6.07, 6.45) is 0.370. The lowest BCUT2D eigenvalue weighted by atomic mass is 10.2. The van der Waals surface area contributed by atoms with Gasteiger partial charge in [0, 0.05) is 20.1 Å². The predicted molar refractivity (Wildman–Crippen MR) is 65.8 cm³/mol. The number of hydrogen-bond acceptors (Lipinski definition) is 5. The first kappa shape index (κ1) is 15.3. The van der Waals surface area contributed by atoms with Crippen molar-refractivity contribution in [2.45, 2.75) is 12.5 Å². The van der Waals surface area contributed by atoms with Crippen LogP contribution in [0.3, 0.4) is 0 Å². The summed E-state index contributed by atoms with van der Waals surface area (Å²) in [5, 5.41) is 2.48. The van der Waals surface area contributed by atoms with Gasteiger partial charge >= 0.3 is 0 Å². The van der Waals surface area contributed by atoms with Crippen LogP contribution >= 0.6 is 0 Å². The standard InChI is InChI=1S/C8H17N3O5S2/c1-11(2)18(15,16)9-5-8(12)10-7-3-4-17(13,14)6-7/h7,9H,3-6H2,1-2H3,(H,10,12). The van der Waals surface area contributed by atoms with Crippen LogP contribution in [0.15, 0.2) is 0 Å². The fourth-order valence-electron chi connectivity index (χ4n) is 1.47. The number of rotatable bonds is 5. The van der Waals surface area contributed by atoms with E-state index in [1.54, 1.807) is 0 Å². The summed E-state index contributed by atoms with van der Waals surface area (Å²) in [4.78, 5) is 11.4. The van der Waals surface area contributed by atoms with Gasteiger partial charge < -0.3 is 5.32 Å². The van der Waals surface area contributed by atoms with E-state index < -0.39 is 38.5 Å². The Kier molecular flexibility index (Phi) is 4.70. The van der Waals surface area contributed by atoms with Gasteiger partial charge in [0.15, 0.2) is 9.84 Å². The highest BCUT2D eigenvalue weighted by molar-refractivity contribution is 7.91. The highest BCUT2D eigenvalue weighted by Gasteiger charge is 2.29. The van der Waals surface area contributed by atoms with Crippen molar-refractivity contribution in [3.8, 4) is 0 Å². The Hall–Kier alpha value is -0.710. The molecule has 8 nitrogen and oxygen atoms in total. The van der Waals surface area contributed by atoms with Crippen molar-refractivity contribution in [1.29, 1.82) is 0 Å². The number of nitrogens with one attached hydrogen (secondary N) is 2. The average Bonchev–Trinajstić information content (AvgIpc) is 2.55. The first-order valence-corrected chi connectivity index (χ1v) is 8.55. The van der Waals surface area contributed by atoms with Crippen molar-refractivity contribution >= 4 is 26.0 Å². The van der Waals surface area contributed by atoms with Gasteiger partial charge in [-0.15, -0.1) is 0 Å². The maximum Gasteiger partial charge on any atom is 0.279 e. The summed E-state index contributed by atoms with van der Waals surface area (Å²) in [7, 11) is -4.03. The Morgan fingerprint density at radius 1 is 1.39 bits per heavy atom. The smallest absolute Gasteiger partial charge is 0.279 e. The second-order valence-electron chi connectivity index (χ2n) is 4.28. The molecule has 1 rings (SSSR count). The summed E-state index contributed by atoms with van der Waals surface area (Å²) in [6, 6.07) is -0.425. The summed E-state index contributed by atoms with van der Waals surface area (Å²) in [5.74, 6) is -0.567. The normalized spacial score (nSPS) is 23.2. The molecule has 1 aliphatic heterocycles. The number of hydrogen-bond donors (Lipinski definition) is 2. The monoisotopic (exact) mass is 299 g/mol. The van der Waals surface area contributed by atoms with E-state index in [-0.39, 0.29) is 11.5 Å². The molecule has 1 saturated heterocycles. The van der Waals surface area contributed by atoms with Gasteiger partial charge in [0.2, 0.25) is 5.91 Å². The van der Waals surface area contributed by atoms with Gasteiger partial charge in [0.05, 0.1) is 18.1 Å². The summed E-state index contributed by atoms with van der Waals surface area (Å²) >= 11 is 0. The van der Waals surface area contributed by atoms with Gasteiger partial charge in [-0.25, -0.2) is 8.42 Å². The molecule has 1 heterocycles. The second kappa shape index (κ2) is 5.51. The van der Waals surface area contributed by atoms with Crippen LogP contribution in [0.2, 0.25) is 0 Å². The Balaban J connectivity index is 2.40. The molecule has 0 aromatic heterocycles. The fourth-order valence-corrected chi connectivity index (χ4v) is 3.72. The van der Waals surface area contributed by atoms with Crippen LogP contribution in [0.1, 0.15) is 6.42 Å². The Morgan fingerprint density at radius 3 is 2.44 bits per heavy atom. The van der Waals surface area contributed by atoms with Crippen LogP contribution in [-0.4, -0.2) is 65.2 Å². The molecule has 1 aliphatic rings. The zero-order valence-electron chi connectivity index (χ0n) is 10.2. The van der Waals surface area contributed by atoms with Gasteiger partial charge in [-0.2, -0.15) is 17.4 Å². The number of carbonyl (C=O) groups is 1. The minimum Gasteiger partial charge on any atom is -0.351 e. The summed E-state index contributed by atoms with van der Waals surface area (Å²) < 4.78 is 48.0. The van der Waals surface area contributed by atoms with Gasteiger partial charge in [0.25, 0.3) is 10.2 Å². The van der Waals surface area contributed by atoms with Crippen molar-refractivity contribution in [1.82, 2.24) is 14.3 Å². The van der Waals surface area contributed by atoms with Crippen molar-refractivity contribution in [2.75, 3.05) is 32.1 Å². The highest BCUT2D eigenvalue weighted by atomic mass is 32.2. The Labute approximate surface area is 107 Å². The van der Waals surface area contributed by atoms with E-state index in [0.29, 0.717) is 6.42 Å². The van der Waals surface area contributed by atoms with E-state index in [1.807, 2.05) is 0 Å². The van der Waals surface area contributed by atoms with Crippen LogP contribution in [0.25, 0.3) is 0 Å². The fraction of sp³-hybridized carbons (Fsp3) is 0.875. The maximum atomic E-state index is 11.4. The summed E-state index contributed by atoms with van der Waals surface area (Å²) in [6.45, 7) is -0.406. The van der Waals surface area contributed by atoms with Crippen molar-refractivity contribution in [3.05, 3.63) is 0 Å². The third-order valence-corrected chi connectivity index (χ3v) is 5.73. The molecule has 0 aliphatic carbocycles. The third-order valence-electron chi connectivity index (χ3n) is 2.49. The molecule has 18 heavy (non-hydrogen) atoms. The maximum absolute atomic E-state index is 11.4. The molecule has 1 amide bonds. The molecule has 0 spiro atoms. The third kappa shape index (κ3) is 4.52. The Bertz CT molecular complexity index is 511. The lowest BCUT2D eigenvalue weighted by Gasteiger charge is -2.14. The van der Waals surface area contributed by atoms with E-state index in [9.17, 15) is 21.6 Å². The second-order valence-corrected chi connectivity index (χ2v) is 8.47. The zero-order valence-corrected chi connectivity index (χ0v) is 11.8. The van der Waals surface area contributed by atoms with Gasteiger partial charge in [0.1, 0.15) is 0 Å². The number of amides is 1. The molecule has 1 atom stereocenters. The first-order valence-electron chi connectivity index (χ1n) is 5.29. The molecule has 2 N–H and O–H groups in total. The quantitative estimate of drug-likeness (QED) is 0.592. The number of carbonyl (C=O) groups excluding carboxylic acids is 1. The number of sulfone groups is 1. The Morgan fingerprint density at radius 2 is 2.00 bits per heavy atom. The molecule has 1 unspecified atom stereocenters.